The Balaban J connectivity index is 3.33. The number of rotatable bonds is 6. The molecule has 0 heterocycles. The van der Waals surface area contributed by atoms with Crippen molar-refractivity contribution in [3.63, 3.8) is 0 Å². The van der Waals surface area contributed by atoms with Crippen molar-refractivity contribution in [2.24, 2.45) is 5.73 Å². The van der Waals surface area contributed by atoms with Crippen molar-refractivity contribution in [3.8, 4) is 0 Å². The maximum atomic E-state index is 11.0. The van der Waals surface area contributed by atoms with Crippen LogP contribution in [0.4, 0.5) is 0 Å². The Morgan fingerprint density at radius 2 is 2.08 bits per heavy atom. The van der Waals surface area contributed by atoms with Crippen LogP contribution in [0.15, 0.2) is 0 Å². The predicted octanol–water partition coefficient (Wildman–Crippen LogP) is 1.03. The fourth-order valence-electron chi connectivity index (χ4n) is 1.03. The molecule has 0 fully saturated rings. The Labute approximate surface area is 74.7 Å². The van der Waals surface area contributed by atoms with Crippen LogP contribution < -0.4 is 11.1 Å². The second-order valence-electron chi connectivity index (χ2n) is 3.10. The quantitative estimate of drug-likeness (QED) is 0.628. The van der Waals surface area contributed by atoms with Crippen LogP contribution in [0.5, 0.6) is 0 Å². The highest BCUT2D eigenvalue weighted by atomic mass is 16.1. The number of nitrogens with two attached hydrogens (primary N) is 1. The van der Waals surface area contributed by atoms with Gasteiger partial charge in [0.05, 0.1) is 0 Å². The topological polar surface area (TPSA) is 55.1 Å². The summed E-state index contributed by atoms with van der Waals surface area (Å²) in [4.78, 5) is 11.0. The lowest BCUT2D eigenvalue weighted by Gasteiger charge is -2.10. The molecule has 0 bridgehead atoms. The van der Waals surface area contributed by atoms with E-state index in [1.807, 2.05) is 6.92 Å². The molecule has 0 aromatic heterocycles. The van der Waals surface area contributed by atoms with Gasteiger partial charge in [-0.15, -0.1) is 0 Å². The first-order valence-corrected chi connectivity index (χ1v) is 4.73. The van der Waals surface area contributed by atoms with E-state index in [2.05, 4.69) is 12.2 Å². The third-order valence-corrected chi connectivity index (χ3v) is 1.70. The zero-order valence-corrected chi connectivity index (χ0v) is 8.10. The van der Waals surface area contributed by atoms with E-state index in [4.69, 9.17) is 5.73 Å². The molecule has 72 valence electrons. The standard InChI is InChI=1S/C9H20N2O/c1-3-5-8(10)7-11-9(12)6-4-2/h8H,3-7,10H2,1-2H3,(H,11,12). The fraction of sp³-hybridized carbons (Fsp3) is 0.889. The van der Waals surface area contributed by atoms with Gasteiger partial charge in [0.25, 0.3) is 0 Å². The van der Waals surface area contributed by atoms with Crippen LogP contribution in [-0.4, -0.2) is 18.5 Å². The molecular formula is C9H20N2O. The number of carbonyl (C=O) groups excluding carboxylic acids is 1. The summed E-state index contributed by atoms with van der Waals surface area (Å²) >= 11 is 0. The van der Waals surface area contributed by atoms with E-state index in [1.54, 1.807) is 0 Å². The van der Waals surface area contributed by atoms with Gasteiger partial charge in [0, 0.05) is 19.0 Å². The van der Waals surface area contributed by atoms with Crippen LogP contribution >= 0.6 is 0 Å². The van der Waals surface area contributed by atoms with Gasteiger partial charge >= 0.3 is 0 Å². The molecule has 0 aliphatic rings. The SMILES string of the molecule is CCCC(=O)NCC(N)CCC. The van der Waals surface area contributed by atoms with Crippen molar-refractivity contribution in [3.05, 3.63) is 0 Å². The van der Waals surface area contributed by atoms with E-state index in [-0.39, 0.29) is 11.9 Å². The largest absolute Gasteiger partial charge is 0.355 e. The molecule has 12 heavy (non-hydrogen) atoms. The van der Waals surface area contributed by atoms with Gasteiger partial charge in [0.1, 0.15) is 0 Å². The van der Waals surface area contributed by atoms with E-state index in [0.29, 0.717) is 13.0 Å². The summed E-state index contributed by atoms with van der Waals surface area (Å²) in [6.45, 7) is 4.70. The molecule has 1 amide bonds. The summed E-state index contributed by atoms with van der Waals surface area (Å²) < 4.78 is 0. The molecule has 0 saturated carbocycles. The molecule has 0 radical (unpaired) electrons. The molecule has 0 saturated heterocycles. The Morgan fingerprint density at radius 3 is 2.58 bits per heavy atom. The minimum Gasteiger partial charge on any atom is -0.355 e. The van der Waals surface area contributed by atoms with E-state index >= 15 is 0 Å². The monoisotopic (exact) mass is 172 g/mol. The van der Waals surface area contributed by atoms with Gasteiger partial charge in [0.15, 0.2) is 0 Å². The third-order valence-electron chi connectivity index (χ3n) is 1.70. The van der Waals surface area contributed by atoms with Gasteiger partial charge in [0.2, 0.25) is 5.91 Å². The van der Waals surface area contributed by atoms with Crippen LogP contribution in [0.3, 0.4) is 0 Å². The maximum Gasteiger partial charge on any atom is 0.220 e. The fourth-order valence-corrected chi connectivity index (χ4v) is 1.03. The summed E-state index contributed by atoms with van der Waals surface area (Å²) in [7, 11) is 0. The second-order valence-corrected chi connectivity index (χ2v) is 3.10. The molecule has 1 atom stereocenters. The average Bonchev–Trinajstić information content (AvgIpc) is 2.02. The molecule has 3 heteroatoms. The summed E-state index contributed by atoms with van der Waals surface area (Å²) in [5.74, 6) is 0.115. The second kappa shape index (κ2) is 7.10. The Bertz CT molecular complexity index is 126. The van der Waals surface area contributed by atoms with Crippen LogP contribution in [0.2, 0.25) is 0 Å². The van der Waals surface area contributed by atoms with Gasteiger partial charge in [-0.3, -0.25) is 4.79 Å². The highest BCUT2D eigenvalue weighted by Gasteiger charge is 2.03. The maximum absolute atomic E-state index is 11.0. The number of nitrogens with one attached hydrogen (secondary N) is 1. The molecule has 0 rings (SSSR count). The van der Waals surface area contributed by atoms with Crippen molar-refractivity contribution in [2.45, 2.75) is 45.6 Å². The first kappa shape index (κ1) is 11.4. The average molecular weight is 172 g/mol. The molecule has 3 nitrogen and oxygen atoms in total. The highest BCUT2D eigenvalue weighted by molar-refractivity contribution is 5.75. The Morgan fingerprint density at radius 1 is 1.42 bits per heavy atom. The first-order valence-electron chi connectivity index (χ1n) is 4.73. The number of hydrogen-bond acceptors (Lipinski definition) is 2. The molecule has 3 N–H and O–H groups in total. The predicted molar refractivity (Wildman–Crippen MR) is 50.8 cm³/mol. The lowest BCUT2D eigenvalue weighted by molar-refractivity contribution is -0.121. The normalized spacial score (nSPS) is 12.6. The van der Waals surface area contributed by atoms with Crippen molar-refractivity contribution in [1.82, 2.24) is 5.32 Å². The van der Waals surface area contributed by atoms with Crippen LogP contribution in [0, 0.1) is 0 Å². The molecule has 0 aliphatic heterocycles. The number of amides is 1. The third kappa shape index (κ3) is 6.16. The molecule has 0 aromatic carbocycles. The summed E-state index contributed by atoms with van der Waals surface area (Å²) in [5, 5.41) is 2.80. The zero-order chi connectivity index (χ0) is 9.40. The van der Waals surface area contributed by atoms with Gasteiger partial charge in [-0.1, -0.05) is 20.3 Å². The van der Waals surface area contributed by atoms with E-state index in [1.165, 1.54) is 0 Å². The molecule has 0 aromatic rings. The lowest BCUT2D eigenvalue weighted by atomic mass is 10.2. The first-order chi connectivity index (χ1) is 5.70. The van der Waals surface area contributed by atoms with Crippen molar-refractivity contribution in [1.29, 1.82) is 0 Å². The van der Waals surface area contributed by atoms with Crippen molar-refractivity contribution >= 4 is 5.91 Å². The molecule has 0 spiro atoms. The van der Waals surface area contributed by atoms with Crippen LogP contribution in [0.1, 0.15) is 39.5 Å². The van der Waals surface area contributed by atoms with Crippen molar-refractivity contribution in [2.75, 3.05) is 6.54 Å². The minimum absolute atomic E-state index is 0.115. The summed E-state index contributed by atoms with van der Waals surface area (Å²) in [5.41, 5.74) is 5.71. The number of hydrogen-bond donors (Lipinski definition) is 2. The molecular weight excluding hydrogens is 152 g/mol. The Hall–Kier alpha value is -0.570. The van der Waals surface area contributed by atoms with Crippen LogP contribution in [0.25, 0.3) is 0 Å². The smallest absolute Gasteiger partial charge is 0.220 e. The van der Waals surface area contributed by atoms with Gasteiger partial charge < -0.3 is 11.1 Å². The van der Waals surface area contributed by atoms with Crippen molar-refractivity contribution < 1.29 is 4.79 Å². The summed E-state index contributed by atoms with van der Waals surface area (Å²) in [6.07, 6.45) is 3.56. The molecule has 0 aliphatic carbocycles. The van der Waals surface area contributed by atoms with E-state index in [9.17, 15) is 4.79 Å². The van der Waals surface area contributed by atoms with Gasteiger partial charge in [-0.2, -0.15) is 0 Å². The zero-order valence-electron chi connectivity index (χ0n) is 8.10. The minimum atomic E-state index is 0.115. The molecule has 1 unspecified atom stereocenters. The highest BCUT2D eigenvalue weighted by Crippen LogP contribution is 1.92. The van der Waals surface area contributed by atoms with E-state index in [0.717, 1.165) is 19.3 Å². The van der Waals surface area contributed by atoms with Crippen LogP contribution in [-0.2, 0) is 4.79 Å². The number of carbonyl (C=O) groups is 1. The van der Waals surface area contributed by atoms with E-state index < -0.39 is 0 Å². The Kier molecular flexibility index (Phi) is 6.76. The summed E-state index contributed by atoms with van der Waals surface area (Å²) in [6, 6.07) is 0.121. The van der Waals surface area contributed by atoms with Gasteiger partial charge in [-0.05, 0) is 12.8 Å². The van der Waals surface area contributed by atoms with Gasteiger partial charge in [-0.25, -0.2) is 0 Å². The lowest BCUT2D eigenvalue weighted by Crippen LogP contribution is -2.36.